The molecule has 94 valence electrons. The molecule has 2 rings (SSSR count). The lowest BCUT2D eigenvalue weighted by molar-refractivity contribution is 0.0922. The molecule has 0 unspecified atom stereocenters. The van der Waals surface area contributed by atoms with Gasteiger partial charge in [-0.3, -0.25) is 4.79 Å². The lowest BCUT2D eigenvalue weighted by Crippen LogP contribution is -2.25. The molecule has 0 saturated heterocycles. The van der Waals surface area contributed by atoms with Gasteiger partial charge in [-0.05, 0) is 24.5 Å². The molecule has 1 aliphatic rings. The average molecular weight is 256 g/mol. The molecule has 0 bridgehead atoms. The largest absolute Gasteiger partial charge is 0.455 e. The van der Waals surface area contributed by atoms with Crippen LogP contribution in [0.25, 0.3) is 0 Å². The number of carbonyl (C=O) groups excluding carboxylic acids is 1. The van der Waals surface area contributed by atoms with Gasteiger partial charge in [0.25, 0.3) is 5.91 Å². The Morgan fingerprint density at radius 2 is 2.18 bits per heavy atom. The van der Waals surface area contributed by atoms with Gasteiger partial charge in [0.2, 0.25) is 0 Å². The Labute approximate surface area is 107 Å². The maximum Gasteiger partial charge on any atom is 0.286 e. The summed E-state index contributed by atoms with van der Waals surface area (Å²) in [6.07, 6.45) is 6.39. The van der Waals surface area contributed by atoms with Gasteiger partial charge in [-0.15, -0.1) is 11.6 Å². The molecular formula is C13H18ClNO2. The molecule has 1 aliphatic carbocycles. The van der Waals surface area contributed by atoms with Crippen LogP contribution in [-0.4, -0.2) is 12.5 Å². The molecule has 1 saturated carbocycles. The molecule has 17 heavy (non-hydrogen) atoms. The molecule has 1 amide bonds. The van der Waals surface area contributed by atoms with Gasteiger partial charge in [-0.25, -0.2) is 0 Å². The quantitative estimate of drug-likeness (QED) is 0.820. The van der Waals surface area contributed by atoms with Gasteiger partial charge in [0.05, 0.1) is 5.88 Å². The van der Waals surface area contributed by atoms with Crippen molar-refractivity contribution in [1.82, 2.24) is 5.32 Å². The lowest BCUT2D eigenvalue weighted by atomic mass is 10.0. The first kappa shape index (κ1) is 12.5. The number of hydrogen-bond acceptors (Lipinski definition) is 2. The minimum atomic E-state index is -0.139. The van der Waals surface area contributed by atoms with E-state index in [4.69, 9.17) is 16.0 Å². The fourth-order valence-corrected chi connectivity index (χ4v) is 2.49. The van der Waals surface area contributed by atoms with E-state index in [1.54, 1.807) is 12.1 Å². The molecule has 4 heteroatoms. The highest BCUT2D eigenvalue weighted by Gasteiger charge is 2.15. The Morgan fingerprint density at radius 1 is 1.41 bits per heavy atom. The van der Waals surface area contributed by atoms with Crippen LogP contribution >= 0.6 is 11.6 Å². The molecule has 0 aliphatic heterocycles. The first-order chi connectivity index (χ1) is 8.29. The van der Waals surface area contributed by atoms with Crippen LogP contribution < -0.4 is 5.32 Å². The van der Waals surface area contributed by atoms with Gasteiger partial charge < -0.3 is 9.73 Å². The summed E-state index contributed by atoms with van der Waals surface area (Å²) < 4.78 is 5.27. The van der Waals surface area contributed by atoms with Gasteiger partial charge in [-0.1, -0.05) is 25.7 Å². The van der Waals surface area contributed by atoms with Gasteiger partial charge >= 0.3 is 0 Å². The van der Waals surface area contributed by atoms with E-state index in [0.29, 0.717) is 17.4 Å². The number of hydrogen-bond donors (Lipinski definition) is 1. The zero-order valence-electron chi connectivity index (χ0n) is 9.88. The lowest BCUT2D eigenvalue weighted by Gasteiger charge is -2.08. The van der Waals surface area contributed by atoms with Crippen molar-refractivity contribution >= 4 is 17.5 Å². The molecule has 1 aromatic rings. The van der Waals surface area contributed by atoms with E-state index in [1.807, 2.05) is 0 Å². The van der Waals surface area contributed by atoms with E-state index in [1.165, 1.54) is 25.7 Å². The SMILES string of the molecule is O=C(NCCC1CCCC1)c1ccc(CCl)o1. The summed E-state index contributed by atoms with van der Waals surface area (Å²) in [6, 6.07) is 3.40. The topological polar surface area (TPSA) is 42.2 Å². The summed E-state index contributed by atoms with van der Waals surface area (Å²) in [7, 11) is 0. The number of amides is 1. The van der Waals surface area contributed by atoms with E-state index in [0.717, 1.165) is 18.9 Å². The summed E-state index contributed by atoms with van der Waals surface area (Å²) in [5.41, 5.74) is 0. The second kappa shape index (κ2) is 6.10. The zero-order valence-corrected chi connectivity index (χ0v) is 10.6. The Kier molecular flexibility index (Phi) is 4.49. The van der Waals surface area contributed by atoms with Crippen LogP contribution in [-0.2, 0) is 5.88 Å². The van der Waals surface area contributed by atoms with Crippen LogP contribution in [0.5, 0.6) is 0 Å². The van der Waals surface area contributed by atoms with Crippen molar-refractivity contribution in [2.75, 3.05) is 6.54 Å². The minimum Gasteiger partial charge on any atom is -0.455 e. The van der Waals surface area contributed by atoms with E-state index in [9.17, 15) is 4.79 Å². The van der Waals surface area contributed by atoms with Crippen LogP contribution in [0.15, 0.2) is 16.5 Å². The van der Waals surface area contributed by atoms with Crippen LogP contribution in [0.4, 0.5) is 0 Å². The Balaban J connectivity index is 1.72. The van der Waals surface area contributed by atoms with Crippen molar-refractivity contribution in [3.8, 4) is 0 Å². The molecule has 1 aromatic heterocycles. The van der Waals surface area contributed by atoms with E-state index in [-0.39, 0.29) is 5.91 Å². The molecule has 0 aromatic carbocycles. The summed E-state index contributed by atoms with van der Waals surface area (Å²) in [4.78, 5) is 11.7. The standard InChI is InChI=1S/C13H18ClNO2/c14-9-11-5-6-12(17-11)13(16)15-8-7-10-3-1-2-4-10/h5-6,10H,1-4,7-9H2,(H,15,16). The van der Waals surface area contributed by atoms with E-state index < -0.39 is 0 Å². The fourth-order valence-electron chi connectivity index (χ4n) is 2.35. The van der Waals surface area contributed by atoms with Crippen molar-refractivity contribution in [3.05, 3.63) is 23.7 Å². The summed E-state index contributed by atoms with van der Waals surface area (Å²) >= 11 is 5.61. The number of rotatable bonds is 5. The van der Waals surface area contributed by atoms with Crippen LogP contribution in [0.2, 0.25) is 0 Å². The zero-order chi connectivity index (χ0) is 12.1. The highest BCUT2D eigenvalue weighted by Crippen LogP contribution is 2.26. The van der Waals surface area contributed by atoms with Crippen molar-refractivity contribution in [3.63, 3.8) is 0 Å². The molecule has 1 heterocycles. The fraction of sp³-hybridized carbons (Fsp3) is 0.615. The van der Waals surface area contributed by atoms with E-state index >= 15 is 0 Å². The Morgan fingerprint density at radius 3 is 2.82 bits per heavy atom. The number of nitrogens with one attached hydrogen (secondary N) is 1. The highest BCUT2D eigenvalue weighted by atomic mass is 35.5. The van der Waals surface area contributed by atoms with Crippen LogP contribution in [0.1, 0.15) is 48.4 Å². The van der Waals surface area contributed by atoms with Gasteiger partial charge in [-0.2, -0.15) is 0 Å². The van der Waals surface area contributed by atoms with Gasteiger partial charge in [0, 0.05) is 6.54 Å². The first-order valence-corrected chi connectivity index (χ1v) is 6.76. The predicted molar refractivity (Wildman–Crippen MR) is 67.2 cm³/mol. The maximum absolute atomic E-state index is 11.7. The maximum atomic E-state index is 11.7. The number of halogens is 1. The average Bonchev–Trinajstić information content (AvgIpc) is 2.99. The molecule has 0 radical (unpaired) electrons. The third kappa shape index (κ3) is 3.50. The Hall–Kier alpha value is -0.960. The van der Waals surface area contributed by atoms with Crippen molar-refractivity contribution in [1.29, 1.82) is 0 Å². The third-order valence-corrected chi connectivity index (χ3v) is 3.59. The molecule has 1 fully saturated rings. The van der Waals surface area contributed by atoms with Crippen molar-refractivity contribution in [2.45, 2.75) is 38.0 Å². The van der Waals surface area contributed by atoms with Crippen LogP contribution in [0.3, 0.4) is 0 Å². The predicted octanol–water partition coefficient (Wildman–Crippen LogP) is 3.33. The molecule has 3 nitrogen and oxygen atoms in total. The molecular weight excluding hydrogens is 238 g/mol. The summed E-state index contributed by atoms with van der Waals surface area (Å²) in [5.74, 6) is 1.94. The molecule has 0 atom stereocenters. The minimum absolute atomic E-state index is 0.139. The monoisotopic (exact) mass is 255 g/mol. The number of alkyl halides is 1. The first-order valence-electron chi connectivity index (χ1n) is 6.22. The third-order valence-electron chi connectivity index (χ3n) is 3.33. The van der Waals surface area contributed by atoms with Gasteiger partial charge in [0.1, 0.15) is 5.76 Å². The van der Waals surface area contributed by atoms with Crippen LogP contribution in [0, 0.1) is 5.92 Å². The number of carbonyl (C=O) groups is 1. The Bertz CT molecular complexity index is 369. The summed E-state index contributed by atoms with van der Waals surface area (Å²) in [5, 5.41) is 2.89. The van der Waals surface area contributed by atoms with Crippen molar-refractivity contribution < 1.29 is 9.21 Å². The van der Waals surface area contributed by atoms with Crippen molar-refractivity contribution in [2.24, 2.45) is 5.92 Å². The summed E-state index contributed by atoms with van der Waals surface area (Å²) in [6.45, 7) is 0.737. The smallest absolute Gasteiger partial charge is 0.286 e. The second-order valence-electron chi connectivity index (χ2n) is 4.59. The van der Waals surface area contributed by atoms with Gasteiger partial charge in [0.15, 0.2) is 5.76 Å². The highest BCUT2D eigenvalue weighted by molar-refractivity contribution is 6.16. The van der Waals surface area contributed by atoms with E-state index in [2.05, 4.69) is 5.32 Å². The molecule has 1 N–H and O–H groups in total. The molecule has 0 spiro atoms. The number of furan rings is 1. The normalized spacial score (nSPS) is 16.3. The second-order valence-corrected chi connectivity index (χ2v) is 4.86.